The van der Waals surface area contributed by atoms with Gasteiger partial charge in [0.25, 0.3) is 10.0 Å². The summed E-state index contributed by atoms with van der Waals surface area (Å²) in [5, 5.41) is 0. The summed E-state index contributed by atoms with van der Waals surface area (Å²) in [5.41, 5.74) is 0.632. The van der Waals surface area contributed by atoms with Crippen LogP contribution in [-0.4, -0.2) is 47.7 Å². The molecule has 0 unspecified atom stereocenters. The first kappa shape index (κ1) is 15.0. The van der Waals surface area contributed by atoms with E-state index < -0.39 is 10.0 Å². The van der Waals surface area contributed by atoms with Crippen LogP contribution in [-0.2, 0) is 19.5 Å². The maximum absolute atomic E-state index is 11.8. The minimum atomic E-state index is -3.44. The molecule has 1 aliphatic rings. The van der Waals surface area contributed by atoms with Gasteiger partial charge in [0.05, 0.1) is 18.1 Å². The van der Waals surface area contributed by atoms with Crippen molar-refractivity contribution in [3.8, 4) is 0 Å². The minimum Gasteiger partial charge on any atom is -0.382 e. The number of nitrogens with zero attached hydrogens (tertiary/aromatic N) is 1. The van der Waals surface area contributed by atoms with Gasteiger partial charge in [-0.3, -0.25) is 9.71 Å². The Hall–Kier alpha value is -1.44. The first-order valence-electron chi connectivity index (χ1n) is 6.38. The molecule has 0 atom stereocenters. The molecule has 1 aromatic carbocycles. The highest BCUT2D eigenvalue weighted by atomic mass is 32.2. The van der Waals surface area contributed by atoms with Gasteiger partial charge in [-0.2, -0.15) is 0 Å². The van der Waals surface area contributed by atoms with Crippen LogP contribution >= 0.6 is 0 Å². The largest absolute Gasteiger partial charge is 0.382 e. The average molecular weight is 298 g/mol. The van der Waals surface area contributed by atoms with Crippen molar-refractivity contribution in [2.24, 2.45) is 4.99 Å². The van der Waals surface area contributed by atoms with Crippen LogP contribution in [0.2, 0.25) is 0 Å². The fraction of sp³-hybridized carbons (Fsp3) is 0.462. The number of methoxy groups -OCH3 is 1. The monoisotopic (exact) mass is 298 g/mol. The van der Waals surface area contributed by atoms with E-state index in [9.17, 15) is 8.42 Å². The summed E-state index contributed by atoms with van der Waals surface area (Å²) in [7, 11) is -1.81. The lowest BCUT2D eigenvalue weighted by Crippen LogP contribution is -2.22. The summed E-state index contributed by atoms with van der Waals surface area (Å²) in [5.74, 6) is 0.414. The molecule has 0 aliphatic carbocycles. The zero-order valence-electron chi connectivity index (χ0n) is 11.3. The normalized spacial score (nSPS) is 17.9. The lowest BCUT2D eigenvalue weighted by atomic mass is 10.2. The van der Waals surface area contributed by atoms with Gasteiger partial charge in [0.1, 0.15) is 5.84 Å². The molecule has 0 bridgehead atoms. The predicted octanol–water partition coefficient (Wildman–Crippen LogP) is 0.778. The fourth-order valence-corrected chi connectivity index (χ4v) is 3.10. The van der Waals surface area contributed by atoms with E-state index in [0.29, 0.717) is 37.8 Å². The highest BCUT2D eigenvalue weighted by Gasteiger charge is 2.29. The third-order valence-corrected chi connectivity index (χ3v) is 4.21. The van der Waals surface area contributed by atoms with Gasteiger partial charge in [-0.25, -0.2) is 8.42 Å². The van der Waals surface area contributed by atoms with Crippen LogP contribution in [0.4, 0.5) is 0 Å². The van der Waals surface area contributed by atoms with E-state index in [1.807, 2.05) is 0 Å². The van der Waals surface area contributed by atoms with Gasteiger partial charge in [-0.05, 0) is 18.6 Å². The standard InChI is InChI=1S/C13H18N2O4S/c1-18-9-10-19-8-4-7-14-13-11-5-2-3-6-12(11)20(16,17)15-13/h2-3,5-6H,4,7-10H2,1H3,(H,14,15). The molecule has 1 heterocycles. The van der Waals surface area contributed by atoms with Gasteiger partial charge >= 0.3 is 0 Å². The summed E-state index contributed by atoms with van der Waals surface area (Å²) >= 11 is 0. The topological polar surface area (TPSA) is 77.0 Å². The number of nitrogens with one attached hydrogen (secondary N) is 1. The number of ether oxygens (including phenoxy) is 2. The van der Waals surface area contributed by atoms with Crippen molar-refractivity contribution in [1.29, 1.82) is 0 Å². The van der Waals surface area contributed by atoms with Crippen molar-refractivity contribution in [2.45, 2.75) is 11.3 Å². The summed E-state index contributed by atoms with van der Waals surface area (Å²) in [6.07, 6.45) is 0.733. The number of rotatable bonds is 7. The molecule has 0 saturated carbocycles. The molecule has 0 saturated heterocycles. The van der Waals surface area contributed by atoms with E-state index in [1.54, 1.807) is 31.4 Å². The fourth-order valence-electron chi connectivity index (χ4n) is 1.85. The highest BCUT2D eigenvalue weighted by molar-refractivity contribution is 7.90. The Kier molecular flexibility index (Phi) is 5.11. The lowest BCUT2D eigenvalue weighted by Gasteiger charge is -2.02. The van der Waals surface area contributed by atoms with E-state index in [0.717, 1.165) is 6.42 Å². The van der Waals surface area contributed by atoms with Gasteiger partial charge in [0, 0.05) is 25.8 Å². The van der Waals surface area contributed by atoms with E-state index in [4.69, 9.17) is 9.47 Å². The van der Waals surface area contributed by atoms with E-state index >= 15 is 0 Å². The minimum absolute atomic E-state index is 0.287. The van der Waals surface area contributed by atoms with Crippen molar-refractivity contribution >= 4 is 15.9 Å². The Morgan fingerprint density at radius 3 is 2.80 bits per heavy atom. The summed E-state index contributed by atoms with van der Waals surface area (Å²) in [6, 6.07) is 6.82. The van der Waals surface area contributed by atoms with Gasteiger partial charge in [0.2, 0.25) is 0 Å². The number of amidine groups is 1. The van der Waals surface area contributed by atoms with Crippen molar-refractivity contribution in [3.05, 3.63) is 29.8 Å². The molecule has 7 heteroatoms. The van der Waals surface area contributed by atoms with Crippen LogP contribution in [0.1, 0.15) is 12.0 Å². The number of aliphatic imine (C=N–C) groups is 1. The van der Waals surface area contributed by atoms with Crippen molar-refractivity contribution in [2.75, 3.05) is 33.5 Å². The maximum atomic E-state index is 11.8. The summed E-state index contributed by atoms with van der Waals surface area (Å²) in [6.45, 7) is 2.22. The molecule has 20 heavy (non-hydrogen) atoms. The smallest absolute Gasteiger partial charge is 0.263 e. The molecule has 6 nitrogen and oxygen atoms in total. The molecule has 0 radical (unpaired) electrons. The molecule has 110 valence electrons. The molecular weight excluding hydrogens is 280 g/mol. The zero-order valence-corrected chi connectivity index (χ0v) is 12.1. The van der Waals surface area contributed by atoms with E-state index in [1.165, 1.54) is 0 Å². The number of hydrogen-bond acceptors (Lipinski definition) is 5. The molecule has 0 spiro atoms. The molecule has 0 aromatic heterocycles. The molecule has 0 amide bonds. The summed E-state index contributed by atoms with van der Waals surface area (Å²) in [4.78, 5) is 4.58. The summed E-state index contributed by atoms with van der Waals surface area (Å²) < 4.78 is 36.3. The van der Waals surface area contributed by atoms with Crippen molar-refractivity contribution in [1.82, 2.24) is 4.72 Å². The maximum Gasteiger partial charge on any atom is 0.263 e. The average Bonchev–Trinajstić information content (AvgIpc) is 2.70. The zero-order chi connectivity index (χ0) is 14.4. The number of sulfonamides is 1. The number of fused-ring (bicyclic) bond motifs is 1. The Bertz CT molecular complexity index is 584. The molecule has 1 aliphatic heterocycles. The molecule has 0 fully saturated rings. The van der Waals surface area contributed by atoms with Crippen LogP contribution in [0.15, 0.2) is 34.2 Å². The van der Waals surface area contributed by atoms with Gasteiger partial charge < -0.3 is 9.47 Å². The Balaban J connectivity index is 1.90. The second kappa shape index (κ2) is 6.83. The Morgan fingerprint density at radius 2 is 2.00 bits per heavy atom. The van der Waals surface area contributed by atoms with Crippen LogP contribution in [0.5, 0.6) is 0 Å². The predicted molar refractivity (Wildman–Crippen MR) is 75.5 cm³/mol. The van der Waals surface area contributed by atoms with Crippen molar-refractivity contribution < 1.29 is 17.9 Å². The SMILES string of the molecule is COCCOCCCN=C1NS(=O)(=O)c2ccccc21. The highest BCUT2D eigenvalue weighted by Crippen LogP contribution is 2.21. The number of hydrogen-bond donors (Lipinski definition) is 1. The third kappa shape index (κ3) is 3.56. The van der Waals surface area contributed by atoms with Crippen molar-refractivity contribution in [3.63, 3.8) is 0 Å². The molecule has 2 rings (SSSR count). The lowest BCUT2D eigenvalue weighted by molar-refractivity contribution is 0.0702. The molecule has 1 N–H and O–H groups in total. The molecular formula is C13H18N2O4S. The Labute approximate surface area is 118 Å². The number of benzene rings is 1. The first-order chi connectivity index (χ1) is 9.65. The third-order valence-electron chi connectivity index (χ3n) is 2.81. The van der Waals surface area contributed by atoms with Crippen LogP contribution < -0.4 is 4.72 Å². The van der Waals surface area contributed by atoms with Crippen LogP contribution in [0.25, 0.3) is 0 Å². The Morgan fingerprint density at radius 1 is 1.20 bits per heavy atom. The van der Waals surface area contributed by atoms with Gasteiger partial charge in [-0.15, -0.1) is 0 Å². The van der Waals surface area contributed by atoms with Crippen LogP contribution in [0.3, 0.4) is 0 Å². The second-order valence-corrected chi connectivity index (χ2v) is 5.94. The quantitative estimate of drug-likeness (QED) is 0.755. The van der Waals surface area contributed by atoms with E-state index in [-0.39, 0.29) is 4.90 Å². The van der Waals surface area contributed by atoms with Crippen LogP contribution in [0, 0.1) is 0 Å². The first-order valence-corrected chi connectivity index (χ1v) is 7.87. The molecule has 1 aromatic rings. The van der Waals surface area contributed by atoms with Gasteiger partial charge in [0.15, 0.2) is 0 Å². The van der Waals surface area contributed by atoms with Gasteiger partial charge in [-0.1, -0.05) is 12.1 Å². The second-order valence-electron chi connectivity index (χ2n) is 4.29. The van der Waals surface area contributed by atoms with E-state index in [2.05, 4.69) is 9.71 Å².